The average molecular weight is 442 g/mol. The van der Waals surface area contributed by atoms with Crippen LogP contribution in [0, 0.1) is 18.3 Å². The Labute approximate surface area is 190 Å². The van der Waals surface area contributed by atoms with Crippen LogP contribution in [-0.2, 0) is 13.6 Å². The molecule has 2 aromatic heterocycles. The number of rotatable bonds is 7. The number of hydrogen-bond donors (Lipinski definition) is 2. The Morgan fingerprint density at radius 1 is 1.24 bits per heavy atom. The number of methoxy groups -OCH3 is 1. The van der Waals surface area contributed by atoms with Crippen LogP contribution >= 0.6 is 0 Å². The number of nitriles is 1. The predicted molar refractivity (Wildman–Crippen MR) is 123 cm³/mol. The number of ether oxygens (including phenoxy) is 1. The van der Waals surface area contributed by atoms with Gasteiger partial charge < -0.3 is 19.9 Å². The highest BCUT2D eigenvalue weighted by Gasteiger charge is 2.25. The first-order chi connectivity index (χ1) is 16.0. The average Bonchev–Trinajstić information content (AvgIpc) is 3.39. The topological polar surface area (TPSA) is 118 Å². The number of aromatic nitrogens is 3. The van der Waals surface area contributed by atoms with Crippen molar-refractivity contribution in [1.82, 2.24) is 14.9 Å². The molecule has 0 radical (unpaired) electrons. The Morgan fingerprint density at radius 2 is 2.03 bits per heavy atom. The van der Waals surface area contributed by atoms with Crippen molar-refractivity contribution in [1.29, 1.82) is 5.26 Å². The fourth-order valence-corrected chi connectivity index (χ4v) is 3.42. The van der Waals surface area contributed by atoms with Gasteiger partial charge in [-0.2, -0.15) is 10.4 Å². The Morgan fingerprint density at radius 3 is 2.76 bits per heavy atom. The highest BCUT2D eigenvalue weighted by molar-refractivity contribution is 6.09. The van der Waals surface area contributed by atoms with Gasteiger partial charge >= 0.3 is 0 Å². The van der Waals surface area contributed by atoms with E-state index in [1.54, 1.807) is 68.4 Å². The van der Waals surface area contributed by atoms with E-state index in [1.165, 1.54) is 0 Å². The van der Waals surface area contributed by atoms with Gasteiger partial charge in [0.1, 0.15) is 28.6 Å². The number of aryl methyl sites for hydroxylation is 2. The lowest BCUT2D eigenvalue weighted by Gasteiger charge is -2.10. The first-order valence-corrected chi connectivity index (χ1v) is 10.2. The molecule has 0 aliphatic carbocycles. The molecular formula is C24H22N6O3. The Bertz CT molecular complexity index is 1330. The molecule has 2 aromatic carbocycles. The van der Waals surface area contributed by atoms with Crippen LogP contribution in [0.25, 0.3) is 11.3 Å². The zero-order valence-electron chi connectivity index (χ0n) is 18.4. The predicted octanol–water partition coefficient (Wildman–Crippen LogP) is 4.13. The smallest absolute Gasteiger partial charge is 0.261 e. The van der Waals surface area contributed by atoms with Gasteiger partial charge in [-0.1, -0.05) is 23.4 Å². The molecule has 4 aromatic rings. The minimum Gasteiger partial charge on any atom is -0.497 e. The molecular weight excluding hydrogens is 420 g/mol. The van der Waals surface area contributed by atoms with Crippen LogP contribution in [-0.4, -0.2) is 28.0 Å². The van der Waals surface area contributed by atoms with Crippen molar-refractivity contribution in [2.45, 2.75) is 13.5 Å². The number of hydrogen-bond acceptors (Lipinski definition) is 7. The van der Waals surface area contributed by atoms with Crippen LogP contribution in [0.1, 0.15) is 27.2 Å². The minimum absolute atomic E-state index is 0.326. The molecule has 0 unspecified atom stereocenters. The second kappa shape index (κ2) is 9.28. The maximum Gasteiger partial charge on any atom is 0.261 e. The van der Waals surface area contributed by atoms with E-state index in [4.69, 9.17) is 14.5 Å². The molecule has 0 aliphatic heterocycles. The molecule has 0 fully saturated rings. The quantitative estimate of drug-likeness (QED) is 0.442. The summed E-state index contributed by atoms with van der Waals surface area (Å²) in [6, 6.07) is 16.5. The summed E-state index contributed by atoms with van der Waals surface area (Å²) >= 11 is 0. The molecule has 166 valence electrons. The second-order valence-electron chi connectivity index (χ2n) is 7.34. The molecule has 1 amide bonds. The molecule has 2 heterocycles. The van der Waals surface area contributed by atoms with Gasteiger partial charge in [-0.15, -0.1) is 0 Å². The van der Waals surface area contributed by atoms with E-state index in [9.17, 15) is 4.79 Å². The van der Waals surface area contributed by atoms with Crippen LogP contribution in [0.2, 0.25) is 0 Å². The van der Waals surface area contributed by atoms with E-state index in [2.05, 4.69) is 27.0 Å². The molecule has 9 heteroatoms. The number of carbonyl (C=O) groups is 1. The molecule has 0 atom stereocenters. The van der Waals surface area contributed by atoms with Crippen molar-refractivity contribution >= 4 is 17.4 Å². The van der Waals surface area contributed by atoms with Crippen molar-refractivity contribution in [3.8, 4) is 23.1 Å². The monoisotopic (exact) mass is 442 g/mol. The summed E-state index contributed by atoms with van der Waals surface area (Å²) in [6.45, 7) is 2.19. The third-order valence-electron chi connectivity index (χ3n) is 5.15. The number of anilines is 2. The van der Waals surface area contributed by atoms with Crippen LogP contribution in [0.3, 0.4) is 0 Å². The number of amides is 1. The fraction of sp³-hybridized carbons (Fsp3) is 0.167. The lowest BCUT2D eigenvalue weighted by Crippen LogP contribution is -2.14. The maximum atomic E-state index is 13.1. The van der Waals surface area contributed by atoms with Crippen LogP contribution < -0.4 is 15.4 Å². The third-order valence-corrected chi connectivity index (χ3v) is 5.15. The van der Waals surface area contributed by atoms with E-state index in [-0.39, 0.29) is 5.91 Å². The first kappa shape index (κ1) is 21.6. The molecule has 0 spiro atoms. The third kappa shape index (κ3) is 4.55. The van der Waals surface area contributed by atoms with E-state index in [0.29, 0.717) is 51.9 Å². The summed E-state index contributed by atoms with van der Waals surface area (Å²) in [5.41, 5.74) is 3.55. The summed E-state index contributed by atoms with van der Waals surface area (Å²) in [5, 5.41) is 23.7. The van der Waals surface area contributed by atoms with E-state index < -0.39 is 0 Å². The van der Waals surface area contributed by atoms with Crippen LogP contribution in [0.4, 0.5) is 11.5 Å². The Kier molecular flexibility index (Phi) is 6.09. The fourth-order valence-electron chi connectivity index (χ4n) is 3.42. The van der Waals surface area contributed by atoms with Crippen molar-refractivity contribution in [3.05, 3.63) is 77.2 Å². The van der Waals surface area contributed by atoms with Gasteiger partial charge in [-0.25, -0.2) is 0 Å². The summed E-state index contributed by atoms with van der Waals surface area (Å²) in [4.78, 5) is 13.1. The van der Waals surface area contributed by atoms with E-state index in [0.717, 1.165) is 5.56 Å². The van der Waals surface area contributed by atoms with Crippen LogP contribution in [0.15, 0.2) is 59.3 Å². The van der Waals surface area contributed by atoms with Gasteiger partial charge in [0.05, 0.1) is 30.5 Å². The zero-order chi connectivity index (χ0) is 23.4. The number of carbonyl (C=O) groups excluding carboxylic acids is 1. The molecule has 0 saturated heterocycles. The van der Waals surface area contributed by atoms with Gasteiger partial charge in [-0.3, -0.25) is 9.48 Å². The van der Waals surface area contributed by atoms with Gasteiger partial charge in [-0.05, 0) is 36.8 Å². The molecule has 0 saturated carbocycles. The summed E-state index contributed by atoms with van der Waals surface area (Å²) < 4.78 is 12.3. The lowest BCUT2D eigenvalue weighted by molar-refractivity contribution is 0.102. The van der Waals surface area contributed by atoms with Crippen molar-refractivity contribution in [2.24, 2.45) is 7.05 Å². The molecule has 2 N–H and O–H groups in total. The van der Waals surface area contributed by atoms with Crippen molar-refractivity contribution in [3.63, 3.8) is 0 Å². The van der Waals surface area contributed by atoms with Crippen molar-refractivity contribution in [2.75, 3.05) is 17.7 Å². The first-order valence-electron chi connectivity index (χ1n) is 10.2. The molecule has 9 nitrogen and oxygen atoms in total. The van der Waals surface area contributed by atoms with E-state index >= 15 is 0 Å². The lowest BCUT2D eigenvalue weighted by atomic mass is 10.1. The second-order valence-corrected chi connectivity index (χ2v) is 7.34. The van der Waals surface area contributed by atoms with Crippen LogP contribution in [0.5, 0.6) is 5.75 Å². The number of nitrogens with one attached hydrogen (secondary N) is 2. The molecule has 0 aliphatic rings. The SMILES string of the molecule is COc1cccc(NC(=O)c2c(-c3cnn(C)c3NCc3ccc(C#N)cc3)noc2C)c1. The standard InChI is InChI=1S/C24H22N6O3/c1-15-21(24(31)28-18-5-4-6-19(11-18)32-3)22(29-33-15)20-14-27-30(2)23(20)26-13-17-9-7-16(12-25)8-10-17/h4-11,14,26H,13H2,1-3H3,(H,28,31). The van der Waals surface area contributed by atoms with Gasteiger partial charge in [0, 0.05) is 25.3 Å². The molecule has 4 rings (SSSR count). The molecule has 33 heavy (non-hydrogen) atoms. The summed E-state index contributed by atoms with van der Waals surface area (Å²) in [5.74, 6) is 1.37. The number of nitrogens with zero attached hydrogens (tertiary/aromatic N) is 4. The Balaban J connectivity index is 1.60. The normalized spacial score (nSPS) is 10.5. The Hall–Kier alpha value is -4.58. The van der Waals surface area contributed by atoms with Gasteiger partial charge in [0.2, 0.25) is 0 Å². The highest BCUT2D eigenvalue weighted by Crippen LogP contribution is 2.32. The summed E-state index contributed by atoms with van der Waals surface area (Å²) in [6.07, 6.45) is 1.64. The minimum atomic E-state index is -0.348. The van der Waals surface area contributed by atoms with Gasteiger partial charge in [0.25, 0.3) is 5.91 Å². The van der Waals surface area contributed by atoms with Gasteiger partial charge in [0.15, 0.2) is 0 Å². The zero-order valence-corrected chi connectivity index (χ0v) is 18.4. The maximum absolute atomic E-state index is 13.1. The largest absolute Gasteiger partial charge is 0.497 e. The van der Waals surface area contributed by atoms with E-state index in [1.807, 2.05) is 12.1 Å². The molecule has 0 bridgehead atoms. The highest BCUT2D eigenvalue weighted by atomic mass is 16.5. The summed E-state index contributed by atoms with van der Waals surface area (Å²) in [7, 11) is 3.37. The van der Waals surface area contributed by atoms with Crippen molar-refractivity contribution < 1.29 is 14.1 Å². The number of benzene rings is 2.